The summed E-state index contributed by atoms with van der Waals surface area (Å²) in [6, 6.07) is 0. The molecule has 4 nitrogen and oxygen atoms in total. The lowest BCUT2D eigenvalue weighted by Crippen LogP contribution is -2.29. The lowest BCUT2D eigenvalue weighted by Gasteiger charge is -2.25. The van der Waals surface area contributed by atoms with Crippen LogP contribution in [0.4, 0.5) is 5.69 Å². The minimum absolute atomic E-state index is 0.884. The van der Waals surface area contributed by atoms with Gasteiger partial charge in [0, 0.05) is 36.0 Å². The van der Waals surface area contributed by atoms with Crippen LogP contribution in [0.2, 0.25) is 0 Å². The molecule has 32 heavy (non-hydrogen) atoms. The zero-order valence-electron chi connectivity index (χ0n) is 21.7. The Bertz CT molecular complexity index is 1480. The molecule has 1 aliphatic carbocycles. The summed E-state index contributed by atoms with van der Waals surface area (Å²) in [5.41, 5.74) is 14.1. The molecule has 4 rings (SSSR count). The maximum atomic E-state index is 6.78. The van der Waals surface area contributed by atoms with Crippen LogP contribution < -0.4 is 14.8 Å². The van der Waals surface area contributed by atoms with Crippen molar-refractivity contribution >= 4 is 27.6 Å². The highest BCUT2D eigenvalue weighted by Gasteiger charge is 2.26. The van der Waals surface area contributed by atoms with Gasteiger partial charge in [-0.15, -0.1) is 0 Å². The first-order chi connectivity index (χ1) is 14.9. The highest BCUT2D eigenvalue weighted by atomic mass is 16.3. The van der Waals surface area contributed by atoms with Gasteiger partial charge < -0.3 is 9.32 Å². The Kier molecular flexibility index (Phi) is 5.11. The van der Waals surface area contributed by atoms with Crippen molar-refractivity contribution in [2.24, 2.45) is 0 Å². The van der Waals surface area contributed by atoms with E-state index in [-0.39, 0.29) is 0 Å². The Hall–Kier alpha value is -2.88. The third kappa shape index (κ3) is 2.81. The second-order valence-corrected chi connectivity index (χ2v) is 9.81. The SMILES string of the molecule is Cc1c2nc3c(oc-2c(C)c(=[N+](C)C)c1C)c(C)c(N(C)C)c1c(C)c(C)c(C)c(C)c13. The number of hydrogen-bond donors (Lipinski definition) is 0. The molecule has 0 saturated heterocycles. The van der Waals surface area contributed by atoms with Crippen LogP contribution in [-0.2, 0) is 0 Å². The van der Waals surface area contributed by atoms with Gasteiger partial charge in [0.15, 0.2) is 11.3 Å². The van der Waals surface area contributed by atoms with E-state index in [1.165, 1.54) is 55.2 Å². The minimum Gasteiger partial charge on any atom is -0.452 e. The van der Waals surface area contributed by atoms with Crippen LogP contribution in [0, 0.1) is 55.4 Å². The molecule has 0 saturated carbocycles. The molecular formula is C28H36N3O+. The molecule has 0 radical (unpaired) electrons. The summed E-state index contributed by atoms with van der Waals surface area (Å²) in [7, 11) is 8.42. The van der Waals surface area contributed by atoms with E-state index in [0.717, 1.165) is 33.7 Å². The van der Waals surface area contributed by atoms with E-state index >= 15 is 0 Å². The van der Waals surface area contributed by atoms with E-state index in [9.17, 15) is 0 Å². The van der Waals surface area contributed by atoms with Gasteiger partial charge in [-0.2, -0.15) is 0 Å². The number of aryl methyl sites for hydroxylation is 3. The second kappa shape index (κ2) is 7.33. The van der Waals surface area contributed by atoms with Gasteiger partial charge in [0.25, 0.3) is 0 Å². The molecular weight excluding hydrogens is 394 g/mol. The van der Waals surface area contributed by atoms with Crippen molar-refractivity contribution in [1.29, 1.82) is 0 Å². The van der Waals surface area contributed by atoms with Crippen LogP contribution in [0.3, 0.4) is 0 Å². The van der Waals surface area contributed by atoms with E-state index in [1.807, 2.05) is 0 Å². The molecule has 0 N–H and O–H groups in total. The van der Waals surface area contributed by atoms with Crippen LogP contribution in [0.15, 0.2) is 4.42 Å². The van der Waals surface area contributed by atoms with Crippen molar-refractivity contribution in [3.8, 4) is 11.5 Å². The summed E-state index contributed by atoms with van der Waals surface area (Å²) in [6.45, 7) is 17.6. The van der Waals surface area contributed by atoms with Crippen LogP contribution in [0.1, 0.15) is 44.5 Å². The molecule has 1 heterocycles. The monoisotopic (exact) mass is 430 g/mol. The molecule has 168 valence electrons. The Morgan fingerprint density at radius 3 is 1.75 bits per heavy atom. The minimum atomic E-state index is 0.884. The van der Waals surface area contributed by atoms with Gasteiger partial charge in [0.05, 0.1) is 11.3 Å². The molecule has 2 aromatic rings. The van der Waals surface area contributed by atoms with Crippen molar-refractivity contribution < 1.29 is 4.42 Å². The summed E-state index contributed by atoms with van der Waals surface area (Å²) >= 11 is 0. The van der Waals surface area contributed by atoms with Gasteiger partial charge in [0.1, 0.15) is 25.3 Å². The first-order valence-corrected chi connectivity index (χ1v) is 11.3. The topological polar surface area (TPSA) is 32.3 Å². The van der Waals surface area contributed by atoms with E-state index < -0.39 is 0 Å². The Balaban J connectivity index is 2.43. The number of rotatable bonds is 1. The maximum Gasteiger partial charge on any atom is 0.209 e. The summed E-state index contributed by atoms with van der Waals surface area (Å²) < 4.78 is 8.96. The van der Waals surface area contributed by atoms with Crippen LogP contribution in [0.25, 0.3) is 33.3 Å². The predicted molar refractivity (Wildman–Crippen MR) is 137 cm³/mol. The third-order valence-electron chi connectivity index (χ3n) is 7.58. The fourth-order valence-electron chi connectivity index (χ4n) is 5.52. The van der Waals surface area contributed by atoms with Gasteiger partial charge in [-0.1, -0.05) is 0 Å². The van der Waals surface area contributed by atoms with E-state index in [0.29, 0.717) is 0 Å². The molecule has 0 fully saturated rings. The molecule has 1 aliphatic heterocycles. The quantitative estimate of drug-likeness (QED) is 0.222. The van der Waals surface area contributed by atoms with Crippen LogP contribution in [-0.4, -0.2) is 33.2 Å². The first-order valence-electron chi connectivity index (χ1n) is 11.3. The molecule has 0 bridgehead atoms. The fraction of sp³-hybridized carbons (Fsp3) is 0.429. The number of anilines is 1. The predicted octanol–water partition coefficient (Wildman–Crippen LogP) is 5.65. The number of nitrogens with zero attached hydrogens (tertiary/aromatic N) is 3. The van der Waals surface area contributed by atoms with Gasteiger partial charge >= 0.3 is 0 Å². The lowest BCUT2D eigenvalue weighted by atomic mass is 9.88. The maximum absolute atomic E-state index is 6.78. The van der Waals surface area contributed by atoms with Crippen molar-refractivity contribution in [1.82, 2.24) is 9.56 Å². The largest absolute Gasteiger partial charge is 0.452 e. The summed E-state index contributed by atoms with van der Waals surface area (Å²) in [5, 5.41) is 3.72. The third-order valence-corrected chi connectivity index (χ3v) is 7.58. The van der Waals surface area contributed by atoms with Crippen molar-refractivity contribution in [2.45, 2.75) is 55.4 Å². The molecule has 2 aromatic carbocycles. The van der Waals surface area contributed by atoms with Gasteiger partial charge in [-0.05, 0) is 83.2 Å². The van der Waals surface area contributed by atoms with Crippen molar-refractivity contribution in [3.63, 3.8) is 0 Å². The zero-order valence-corrected chi connectivity index (χ0v) is 21.7. The van der Waals surface area contributed by atoms with Crippen LogP contribution in [0.5, 0.6) is 0 Å². The Morgan fingerprint density at radius 2 is 1.22 bits per heavy atom. The molecule has 0 aromatic heterocycles. The summed E-state index contributed by atoms with van der Waals surface area (Å²) in [6.07, 6.45) is 0. The molecule has 4 heteroatoms. The molecule has 2 aliphatic rings. The van der Waals surface area contributed by atoms with Gasteiger partial charge in [0.2, 0.25) is 5.36 Å². The highest BCUT2D eigenvalue weighted by Crippen LogP contribution is 2.44. The van der Waals surface area contributed by atoms with Gasteiger partial charge in [-0.3, -0.25) is 0 Å². The summed E-state index contributed by atoms with van der Waals surface area (Å²) in [5.74, 6) is 0.884. The number of fused-ring (bicyclic) bond motifs is 4. The fourth-order valence-corrected chi connectivity index (χ4v) is 5.52. The standard InChI is InChI=1S/C28H36N3O/c1-13-14(2)16(4)22-21(15(13)3)24-28(20(8)26(22)31(11)12)32-27-19(7)25(30(9)10)18(6)17(5)23(27)29-24/h1-12H3/q+1. The van der Waals surface area contributed by atoms with Crippen molar-refractivity contribution in [3.05, 3.63) is 49.9 Å². The molecule has 0 unspecified atom stereocenters. The zero-order chi connectivity index (χ0) is 23.8. The van der Waals surface area contributed by atoms with Gasteiger partial charge in [-0.25, -0.2) is 9.56 Å². The number of aromatic nitrogens is 1. The Labute approximate surface area is 191 Å². The van der Waals surface area contributed by atoms with E-state index in [4.69, 9.17) is 9.40 Å². The number of hydrogen-bond acceptors (Lipinski definition) is 3. The molecule has 0 atom stereocenters. The average Bonchev–Trinajstić information content (AvgIpc) is 2.73. The lowest BCUT2D eigenvalue weighted by molar-refractivity contribution is 0.601. The van der Waals surface area contributed by atoms with E-state index in [2.05, 4.69) is 93.1 Å². The average molecular weight is 431 g/mol. The second-order valence-electron chi connectivity index (χ2n) is 9.81. The Morgan fingerprint density at radius 1 is 0.656 bits per heavy atom. The molecule has 0 amide bonds. The number of benzene rings is 3. The normalized spacial score (nSPS) is 11.8. The first kappa shape index (κ1) is 22.3. The van der Waals surface area contributed by atoms with Crippen LogP contribution >= 0.6 is 0 Å². The summed E-state index contributed by atoms with van der Waals surface area (Å²) in [4.78, 5) is 7.55. The molecule has 0 spiro atoms. The van der Waals surface area contributed by atoms with E-state index in [1.54, 1.807) is 0 Å². The smallest absolute Gasteiger partial charge is 0.209 e. The van der Waals surface area contributed by atoms with Crippen molar-refractivity contribution in [2.75, 3.05) is 33.1 Å². The highest BCUT2D eigenvalue weighted by molar-refractivity contribution is 6.15.